The Bertz CT molecular complexity index is 414. The van der Waals surface area contributed by atoms with Crippen LogP contribution in [-0.4, -0.2) is 23.9 Å². The maximum atomic E-state index is 10.8. The van der Waals surface area contributed by atoms with Gasteiger partial charge in [0.1, 0.15) is 0 Å². The van der Waals surface area contributed by atoms with Crippen molar-refractivity contribution in [2.75, 3.05) is 13.1 Å². The fourth-order valence-electron chi connectivity index (χ4n) is 2.21. The Kier molecular flexibility index (Phi) is 4.18. The van der Waals surface area contributed by atoms with E-state index in [4.69, 9.17) is 5.73 Å². The van der Waals surface area contributed by atoms with E-state index in [2.05, 4.69) is 26.9 Å². The number of nitrogens with zero attached hydrogens (tertiary/aromatic N) is 1. The molecule has 1 aromatic carbocycles. The van der Waals surface area contributed by atoms with Gasteiger partial charge in [0.15, 0.2) is 0 Å². The normalized spacial score (nSPS) is 16.3. The first kappa shape index (κ1) is 12.6. The highest BCUT2D eigenvalue weighted by Gasteiger charge is 2.13. The smallest absolute Gasteiger partial charge is 0.221 e. The van der Waals surface area contributed by atoms with Gasteiger partial charge in [0.25, 0.3) is 0 Å². The molecule has 1 aromatic rings. The lowest BCUT2D eigenvalue weighted by molar-refractivity contribution is -0.117. The van der Waals surface area contributed by atoms with Crippen LogP contribution in [0.5, 0.6) is 0 Å². The molecule has 1 fully saturated rings. The zero-order valence-electron chi connectivity index (χ0n) is 9.79. The molecule has 1 saturated heterocycles. The van der Waals surface area contributed by atoms with Crippen LogP contribution in [0.1, 0.15) is 24.0 Å². The standard InChI is InChI=1S/C13H17BrN2O/c14-12-7-10(8-13(15)17)3-4-11(12)9-16-5-1-2-6-16/h3-4,7H,1-2,5-6,8-9H2,(H2,15,17). The van der Waals surface area contributed by atoms with E-state index in [1.165, 1.54) is 31.5 Å². The van der Waals surface area contributed by atoms with Gasteiger partial charge in [0.05, 0.1) is 6.42 Å². The summed E-state index contributed by atoms with van der Waals surface area (Å²) >= 11 is 3.57. The summed E-state index contributed by atoms with van der Waals surface area (Å²) in [5, 5.41) is 0. The zero-order valence-corrected chi connectivity index (χ0v) is 11.4. The monoisotopic (exact) mass is 296 g/mol. The summed E-state index contributed by atoms with van der Waals surface area (Å²) in [4.78, 5) is 13.3. The SMILES string of the molecule is NC(=O)Cc1ccc(CN2CCCC2)c(Br)c1. The Morgan fingerprint density at radius 1 is 1.35 bits per heavy atom. The average Bonchev–Trinajstić information content (AvgIpc) is 2.74. The maximum absolute atomic E-state index is 10.8. The topological polar surface area (TPSA) is 46.3 Å². The highest BCUT2D eigenvalue weighted by molar-refractivity contribution is 9.10. The summed E-state index contributed by atoms with van der Waals surface area (Å²) < 4.78 is 1.07. The summed E-state index contributed by atoms with van der Waals surface area (Å²) in [5.41, 5.74) is 7.43. The predicted octanol–water partition coefficient (Wildman–Crippen LogP) is 2.07. The van der Waals surface area contributed by atoms with E-state index >= 15 is 0 Å². The molecule has 0 radical (unpaired) electrons. The lowest BCUT2D eigenvalue weighted by atomic mass is 10.1. The molecule has 2 rings (SSSR count). The van der Waals surface area contributed by atoms with E-state index < -0.39 is 0 Å². The van der Waals surface area contributed by atoms with Crippen LogP contribution in [0.3, 0.4) is 0 Å². The van der Waals surface area contributed by atoms with Crippen LogP contribution in [0, 0.1) is 0 Å². The number of carbonyl (C=O) groups is 1. The first-order valence-electron chi connectivity index (χ1n) is 5.93. The number of hydrogen-bond donors (Lipinski definition) is 1. The maximum Gasteiger partial charge on any atom is 0.221 e. The largest absolute Gasteiger partial charge is 0.369 e. The lowest BCUT2D eigenvalue weighted by Gasteiger charge is -2.16. The second-order valence-electron chi connectivity index (χ2n) is 4.55. The summed E-state index contributed by atoms with van der Waals surface area (Å²) in [6, 6.07) is 6.07. The average molecular weight is 297 g/mol. The summed E-state index contributed by atoms with van der Waals surface area (Å²) in [7, 11) is 0. The number of primary amides is 1. The quantitative estimate of drug-likeness (QED) is 0.925. The zero-order chi connectivity index (χ0) is 12.3. The van der Waals surface area contributed by atoms with Crippen molar-refractivity contribution in [1.29, 1.82) is 0 Å². The minimum Gasteiger partial charge on any atom is -0.369 e. The molecule has 4 heteroatoms. The van der Waals surface area contributed by atoms with Crippen molar-refractivity contribution < 1.29 is 4.79 Å². The van der Waals surface area contributed by atoms with Crippen LogP contribution in [0.4, 0.5) is 0 Å². The Labute approximate surface area is 110 Å². The van der Waals surface area contributed by atoms with Crippen molar-refractivity contribution in [3.8, 4) is 0 Å². The highest BCUT2D eigenvalue weighted by Crippen LogP contribution is 2.22. The van der Waals surface area contributed by atoms with E-state index in [0.717, 1.165) is 16.6 Å². The van der Waals surface area contributed by atoms with Crippen LogP contribution in [0.2, 0.25) is 0 Å². The van der Waals surface area contributed by atoms with Crippen LogP contribution >= 0.6 is 15.9 Å². The lowest BCUT2D eigenvalue weighted by Crippen LogP contribution is -2.19. The molecular formula is C13H17BrN2O. The number of rotatable bonds is 4. The van der Waals surface area contributed by atoms with Crippen molar-refractivity contribution in [1.82, 2.24) is 4.90 Å². The minimum absolute atomic E-state index is 0.288. The first-order chi connectivity index (χ1) is 8.15. The third-order valence-corrected chi connectivity index (χ3v) is 3.83. The molecule has 17 heavy (non-hydrogen) atoms. The number of nitrogens with two attached hydrogens (primary N) is 1. The Morgan fingerprint density at radius 3 is 2.65 bits per heavy atom. The van der Waals surface area contributed by atoms with Crippen LogP contribution in [0.15, 0.2) is 22.7 Å². The molecule has 3 nitrogen and oxygen atoms in total. The molecule has 2 N–H and O–H groups in total. The number of carbonyl (C=O) groups excluding carboxylic acids is 1. The molecular weight excluding hydrogens is 280 g/mol. The summed E-state index contributed by atoms with van der Waals surface area (Å²) in [6.07, 6.45) is 2.91. The van der Waals surface area contributed by atoms with Gasteiger partial charge in [-0.1, -0.05) is 28.1 Å². The van der Waals surface area contributed by atoms with Gasteiger partial charge < -0.3 is 5.73 Å². The van der Waals surface area contributed by atoms with E-state index in [9.17, 15) is 4.79 Å². The van der Waals surface area contributed by atoms with Crippen LogP contribution < -0.4 is 5.73 Å². The second-order valence-corrected chi connectivity index (χ2v) is 5.41. The van der Waals surface area contributed by atoms with Crippen molar-refractivity contribution in [2.45, 2.75) is 25.8 Å². The number of likely N-dealkylation sites (tertiary alicyclic amines) is 1. The molecule has 1 heterocycles. The third-order valence-electron chi connectivity index (χ3n) is 3.09. The molecule has 0 bridgehead atoms. The number of hydrogen-bond acceptors (Lipinski definition) is 2. The van der Waals surface area contributed by atoms with Crippen molar-refractivity contribution in [2.24, 2.45) is 5.73 Å². The molecule has 92 valence electrons. The molecule has 0 saturated carbocycles. The van der Waals surface area contributed by atoms with E-state index in [1.54, 1.807) is 0 Å². The number of benzene rings is 1. The van der Waals surface area contributed by atoms with Gasteiger partial charge in [-0.05, 0) is 43.1 Å². The highest BCUT2D eigenvalue weighted by atomic mass is 79.9. The molecule has 0 unspecified atom stereocenters. The first-order valence-corrected chi connectivity index (χ1v) is 6.72. The molecule has 1 amide bonds. The Hall–Kier alpha value is -0.870. The van der Waals surface area contributed by atoms with Gasteiger partial charge in [0, 0.05) is 11.0 Å². The van der Waals surface area contributed by atoms with Crippen molar-refractivity contribution in [3.05, 3.63) is 33.8 Å². The minimum atomic E-state index is -0.288. The molecule has 0 spiro atoms. The molecule has 0 aromatic heterocycles. The molecule has 0 atom stereocenters. The van der Waals surface area contributed by atoms with Crippen molar-refractivity contribution >= 4 is 21.8 Å². The van der Waals surface area contributed by atoms with Crippen molar-refractivity contribution in [3.63, 3.8) is 0 Å². The second kappa shape index (κ2) is 5.65. The molecule has 1 aliphatic rings. The summed E-state index contributed by atoms with van der Waals surface area (Å²) in [6.45, 7) is 3.36. The number of amides is 1. The Morgan fingerprint density at radius 2 is 2.06 bits per heavy atom. The summed E-state index contributed by atoms with van der Waals surface area (Å²) in [5.74, 6) is -0.288. The van der Waals surface area contributed by atoms with Gasteiger partial charge in [-0.25, -0.2) is 0 Å². The Balaban J connectivity index is 2.05. The van der Waals surface area contributed by atoms with Gasteiger partial charge in [0.2, 0.25) is 5.91 Å². The van der Waals surface area contributed by atoms with Crippen LogP contribution in [-0.2, 0) is 17.8 Å². The van der Waals surface area contributed by atoms with Gasteiger partial charge >= 0.3 is 0 Å². The van der Waals surface area contributed by atoms with Crippen LogP contribution in [0.25, 0.3) is 0 Å². The van der Waals surface area contributed by atoms with Gasteiger partial charge in [-0.2, -0.15) is 0 Å². The third kappa shape index (κ3) is 3.54. The predicted molar refractivity (Wildman–Crippen MR) is 71.6 cm³/mol. The van der Waals surface area contributed by atoms with Gasteiger partial charge in [-0.15, -0.1) is 0 Å². The fraction of sp³-hybridized carbons (Fsp3) is 0.462. The van der Waals surface area contributed by atoms with E-state index in [0.29, 0.717) is 6.42 Å². The molecule has 1 aliphatic heterocycles. The molecule has 0 aliphatic carbocycles. The fourth-order valence-corrected chi connectivity index (χ4v) is 2.76. The number of halogens is 1. The van der Waals surface area contributed by atoms with E-state index in [1.807, 2.05) is 12.1 Å². The van der Waals surface area contributed by atoms with E-state index in [-0.39, 0.29) is 5.91 Å². The van der Waals surface area contributed by atoms with Gasteiger partial charge in [-0.3, -0.25) is 9.69 Å².